The molecule has 38 heavy (non-hydrogen) atoms. The fourth-order valence-corrected chi connectivity index (χ4v) is 4.53. The molecule has 3 heterocycles. The van der Waals surface area contributed by atoms with Gasteiger partial charge in [0.05, 0.1) is 32.5 Å². The van der Waals surface area contributed by atoms with Gasteiger partial charge in [-0.15, -0.1) is 5.10 Å². The number of pyridine rings is 1. The number of hydrogen-bond donors (Lipinski definition) is 1. The molecule has 0 unspecified atom stereocenters. The Morgan fingerprint density at radius 3 is 2.68 bits per heavy atom. The number of aromatic amines is 1. The summed E-state index contributed by atoms with van der Waals surface area (Å²) in [5, 5.41) is 13.3. The molecule has 2 aromatic carbocycles. The quantitative estimate of drug-likeness (QED) is 0.284. The van der Waals surface area contributed by atoms with Crippen LogP contribution in [0.15, 0.2) is 70.1 Å². The first-order valence-electron chi connectivity index (χ1n) is 12.4. The number of hydrogen-bond acceptors (Lipinski definition) is 8. The number of H-pyrrole nitrogens is 1. The monoisotopic (exact) mass is 514 g/mol. The van der Waals surface area contributed by atoms with Crippen LogP contribution < -0.4 is 15.0 Å². The maximum Gasteiger partial charge on any atom is 0.252 e. The van der Waals surface area contributed by atoms with E-state index in [1.54, 1.807) is 25.2 Å². The summed E-state index contributed by atoms with van der Waals surface area (Å²) in [5.74, 6) is 2.81. The molecule has 0 fully saturated rings. The van der Waals surface area contributed by atoms with E-state index >= 15 is 0 Å². The summed E-state index contributed by atoms with van der Waals surface area (Å²) in [6.45, 7) is 3.96. The molecule has 196 valence electrons. The van der Waals surface area contributed by atoms with Crippen LogP contribution in [-0.2, 0) is 26.1 Å². The molecular formula is C28H30N6O4. The Kier molecular flexibility index (Phi) is 7.50. The van der Waals surface area contributed by atoms with Gasteiger partial charge >= 0.3 is 0 Å². The van der Waals surface area contributed by atoms with Crippen molar-refractivity contribution >= 4 is 10.9 Å². The molecule has 0 bridgehead atoms. The van der Waals surface area contributed by atoms with E-state index in [-0.39, 0.29) is 5.56 Å². The lowest BCUT2D eigenvalue weighted by Gasteiger charge is -2.22. The minimum absolute atomic E-state index is 0.0990. The smallest absolute Gasteiger partial charge is 0.252 e. The first kappa shape index (κ1) is 25.2. The number of aryl methyl sites for hydroxylation is 1. The molecule has 3 aromatic heterocycles. The summed E-state index contributed by atoms with van der Waals surface area (Å²) >= 11 is 0. The number of tetrazole rings is 1. The van der Waals surface area contributed by atoms with Gasteiger partial charge in [-0.05, 0) is 70.6 Å². The standard InChI is InChI=1S/C28H30N6O4/c1-19-6-4-7-21-15-22(28(35)29-27(19)21)16-33(12-11-20-9-10-24(36-2)25(14-20)37-3)18-26-30-31-32-34(26)17-23-8-5-13-38-23/h4-10,13-15H,11-12,16-18H2,1-3H3,(H,29,35). The molecule has 10 nitrogen and oxygen atoms in total. The number of methoxy groups -OCH3 is 2. The minimum atomic E-state index is -0.0990. The van der Waals surface area contributed by atoms with Crippen LogP contribution >= 0.6 is 0 Å². The molecule has 0 radical (unpaired) electrons. The summed E-state index contributed by atoms with van der Waals surface area (Å²) in [6, 6.07) is 17.6. The van der Waals surface area contributed by atoms with Gasteiger partial charge in [-0.3, -0.25) is 9.69 Å². The molecule has 0 amide bonds. The van der Waals surface area contributed by atoms with Gasteiger partial charge in [-0.2, -0.15) is 0 Å². The van der Waals surface area contributed by atoms with Crippen molar-refractivity contribution in [3.8, 4) is 11.5 Å². The topological polar surface area (TPSA) is 111 Å². The highest BCUT2D eigenvalue weighted by Gasteiger charge is 2.17. The van der Waals surface area contributed by atoms with Crippen molar-refractivity contribution in [2.45, 2.75) is 33.0 Å². The second-order valence-electron chi connectivity index (χ2n) is 9.14. The van der Waals surface area contributed by atoms with Gasteiger partial charge < -0.3 is 18.9 Å². The third-order valence-electron chi connectivity index (χ3n) is 6.58. The Labute approximate surface area is 219 Å². The van der Waals surface area contributed by atoms with Crippen molar-refractivity contribution < 1.29 is 13.9 Å². The normalized spacial score (nSPS) is 11.4. The molecule has 10 heteroatoms. The van der Waals surface area contributed by atoms with Crippen molar-refractivity contribution in [2.75, 3.05) is 20.8 Å². The zero-order valence-electron chi connectivity index (χ0n) is 21.7. The minimum Gasteiger partial charge on any atom is -0.493 e. The molecule has 0 atom stereocenters. The summed E-state index contributed by atoms with van der Waals surface area (Å²) < 4.78 is 18.0. The Hall–Kier alpha value is -4.44. The lowest BCUT2D eigenvalue weighted by molar-refractivity contribution is 0.247. The van der Waals surface area contributed by atoms with Gasteiger partial charge in [0, 0.05) is 18.7 Å². The molecule has 1 N–H and O–H groups in total. The van der Waals surface area contributed by atoms with E-state index in [2.05, 4.69) is 25.4 Å². The lowest BCUT2D eigenvalue weighted by atomic mass is 10.1. The number of nitrogens with zero attached hydrogens (tertiary/aromatic N) is 5. The van der Waals surface area contributed by atoms with Gasteiger partial charge in [0.1, 0.15) is 12.3 Å². The highest BCUT2D eigenvalue weighted by atomic mass is 16.5. The molecule has 5 aromatic rings. The first-order chi connectivity index (χ1) is 18.5. The fraction of sp³-hybridized carbons (Fsp3) is 0.286. The second kappa shape index (κ2) is 11.3. The van der Waals surface area contributed by atoms with Crippen LogP contribution in [0.1, 0.15) is 28.3 Å². The Bertz CT molecular complexity index is 1570. The van der Waals surface area contributed by atoms with E-state index in [1.807, 2.05) is 61.5 Å². The van der Waals surface area contributed by atoms with Crippen molar-refractivity contribution in [1.82, 2.24) is 30.1 Å². The molecule has 0 spiro atoms. The van der Waals surface area contributed by atoms with Crippen LogP contribution in [-0.4, -0.2) is 50.9 Å². The average Bonchev–Trinajstić information content (AvgIpc) is 3.60. The van der Waals surface area contributed by atoms with Gasteiger partial charge in [-0.25, -0.2) is 4.68 Å². The van der Waals surface area contributed by atoms with E-state index in [0.717, 1.165) is 34.2 Å². The van der Waals surface area contributed by atoms with Crippen molar-refractivity contribution in [3.63, 3.8) is 0 Å². The Morgan fingerprint density at radius 2 is 1.89 bits per heavy atom. The van der Waals surface area contributed by atoms with Crippen molar-refractivity contribution in [1.29, 1.82) is 0 Å². The van der Waals surface area contributed by atoms with Crippen LogP contribution in [0.2, 0.25) is 0 Å². The van der Waals surface area contributed by atoms with E-state index in [1.165, 1.54) is 0 Å². The molecule has 0 saturated carbocycles. The molecule has 0 saturated heterocycles. The van der Waals surface area contributed by atoms with Gasteiger partial charge in [0.25, 0.3) is 5.56 Å². The largest absolute Gasteiger partial charge is 0.493 e. The van der Waals surface area contributed by atoms with Crippen LogP contribution in [0.3, 0.4) is 0 Å². The number of ether oxygens (including phenoxy) is 2. The van der Waals surface area contributed by atoms with E-state index in [0.29, 0.717) is 49.1 Å². The molecule has 0 aliphatic rings. The Balaban J connectivity index is 1.41. The average molecular weight is 515 g/mol. The fourth-order valence-electron chi connectivity index (χ4n) is 4.53. The maximum atomic E-state index is 13.1. The SMILES string of the molecule is COc1ccc(CCN(Cc2cc3cccc(C)c3[nH]c2=O)Cc2nnnn2Cc2ccco2)cc1OC. The van der Waals surface area contributed by atoms with Crippen molar-refractivity contribution in [2.24, 2.45) is 0 Å². The van der Waals surface area contributed by atoms with Crippen molar-refractivity contribution in [3.05, 3.63) is 99.5 Å². The number of nitrogens with one attached hydrogen (secondary N) is 1. The third-order valence-corrected chi connectivity index (χ3v) is 6.58. The highest BCUT2D eigenvalue weighted by molar-refractivity contribution is 5.81. The number of benzene rings is 2. The van der Waals surface area contributed by atoms with Gasteiger partial charge in [0.15, 0.2) is 17.3 Å². The molecule has 0 aliphatic carbocycles. The van der Waals surface area contributed by atoms with Crippen LogP contribution in [0.25, 0.3) is 10.9 Å². The molecule has 0 aliphatic heterocycles. The predicted molar refractivity (Wildman–Crippen MR) is 142 cm³/mol. The summed E-state index contributed by atoms with van der Waals surface area (Å²) in [4.78, 5) is 18.3. The lowest BCUT2D eigenvalue weighted by Crippen LogP contribution is -2.30. The number of furan rings is 1. The summed E-state index contributed by atoms with van der Waals surface area (Å²) in [5.41, 5.74) is 3.57. The summed E-state index contributed by atoms with van der Waals surface area (Å²) in [7, 11) is 3.25. The maximum absolute atomic E-state index is 13.1. The van der Waals surface area contributed by atoms with Gasteiger partial charge in [-0.1, -0.05) is 24.3 Å². The summed E-state index contributed by atoms with van der Waals surface area (Å²) in [6.07, 6.45) is 2.35. The highest BCUT2D eigenvalue weighted by Crippen LogP contribution is 2.28. The molecular weight excluding hydrogens is 484 g/mol. The van der Waals surface area contributed by atoms with Gasteiger partial charge in [0.2, 0.25) is 0 Å². The Morgan fingerprint density at radius 1 is 1.03 bits per heavy atom. The number of para-hydroxylation sites is 1. The molecule has 5 rings (SSSR count). The first-order valence-corrected chi connectivity index (χ1v) is 12.4. The number of fused-ring (bicyclic) bond motifs is 1. The van der Waals surface area contributed by atoms with Crippen LogP contribution in [0.5, 0.6) is 11.5 Å². The predicted octanol–water partition coefficient (Wildman–Crippen LogP) is 3.73. The van der Waals surface area contributed by atoms with E-state index < -0.39 is 0 Å². The number of rotatable bonds is 11. The zero-order valence-corrected chi connectivity index (χ0v) is 21.7. The van der Waals surface area contributed by atoms with Crippen LogP contribution in [0.4, 0.5) is 0 Å². The van der Waals surface area contributed by atoms with E-state index in [9.17, 15) is 4.79 Å². The number of aromatic nitrogens is 5. The van der Waals surface area contributed by atoms with E-state index in [4.69, 9.17) is 13.9 Å². The second-order valence-corrected chi connectivity index (χ2v) is 9.14. The zero-order chi connectivity index (χ0) is 26.5. The third kappa shape index (κ3) is 5.60. The van der Waals surface area contributed by atoms with Crippen LogP contribution in [0, 0.1) is 6.92 Å².